The number of aromatic nitrogens is 2. The van der Waals surface area contributed by atoms with Crippen LogP contribution in [0.5, 0.6) is 5.75 Å². The van der Waals surface area contributed by atoms with Crippen LogP contribution in [0.4, 0.5) is 4.39 Å². The molecule has 1 saturated heterocycles. The maximum absolute atomic E-state index is 13.6. The normalized spacial score (nSPS) is 16.8. The molecule has 1 fully saturated rings. The Morgan fingerprint density at radius 3 is 2.51 bits per heavy atom. The molecular weight excluding hydrogens is 477 g/mol. The molecule has 5 rings (SSSR count). The Hall–Kier alpha value is -3.76. The Morgan fingerprint density at radius 2 is 1.78 bits per heavy atom. The van der Waals surface area contributed by atoms with Crippen LogP contribution in [-0.2, 0) is 24.4 Å². The number of hydrogen-bond donors (Lipinski definition) is 1. The predicted octanol–water partition coefficient (Wildman–Crippen LogP) is 2.67. The Bertz CT molecular complexity index is 1240. The van der Waals surface area contributed by atoms with Gasteiger partial charge in [-0.15, -0.1) is 0 Å². The van der Waals surface area contributed by atoms with E-state index in [1.165, 1.54) is 12.1 Å². The van der Waals surface area contributed by atoms with Gasteiger partial charge in [0.25, 0.3) is 11.8 Å². The van der Waals surface area contributed by atoms with Gasteiger partial charge in [0.2, 0.25) is 0 Å². The molecule has 1 aromatic heterocycles. The summed E-state index contributed by atoms with van der Waals surface area (Å²) >= 11 is 0. The van der Waals surface area contributed by atoms with Crippen molar-refractivity contribution in [3.05, 3.63) is 82.9 Å². The Morgan fingerprint density at radius 1 is 1.05 bits per heavy atom. The molecule has 2 aromatic carbocycles. The molecule has 9 nitrogen and oxygen atoms in total. The highest BCUT2D eigenvalue weighted by Gasteiger charge is 2.35. The number of amides is 2. The fourth-order valence-electron chi connectivity index (χ4n) is 4.57. The number of ether oxygens (including phenoxy) is 2. The van der Waals surface area contributed by atoms with Crippen molar-refractivity contribution in [3.8, 4) is 5.75 Å². The summed E-state index contributed by atoms with van der Waals surface area (Å²) in [5.74, 6) is -0.844. The highest BCUT2D eigenvalue weighted by molar-refractivity contribution is 6.02. The lowest BCUT2D eigenvalue weighted by atomic mass is 10.1. The third-order valence-electron chi connectivity index (χ3n) is 6.64. The lowest BCUT2D eigenvalue weighted by Gasteiger charge is -2.32. The first-order valence-corrected chi connectivity index (χ1v) is 12.4. The van der Waals surface area contributed by atoms with Crippen molar-refractivity contribution in [1.29, 1.82) is 0 Å². The Balaban J connectivity index is 1.41. The maximum atomic E-state index is 13.6. The van der Waals surface area contributed by atoms with Crippen LogP contribution in [0.1, 0.15) is 39.0 Å². The molecule has 0 saturated carbocycles. The number of fused-ring (bicyclic) bond motifs is 1. The molecule has 0 bridgehead atoms. The van der Waals surface area contributed by atoms with E-state index in [0.717, 1.165) is 24.2 Å². The Labute approximate surface area is 214 Å². The van der Waals surface area contributed by atoms with E-state index in [-0.39, 0.29) is 41.6 Å². The third-order valence-corrected chi connectivity index (χ3v) is 6.64. The van der Waals surface area contributed by atoms with E-state index in [2.05, 4.69) is 15.3 Å². The van der Waals surface area contributed by atoms with E-state index in [4.69, 9.17) is 9.47 Å². The van der Waals surface area contributed by atoms with Crippen LogP contribution in [0.2, 0.25) is 0 Å². The van der Waals surface area contributed by atoms with Crippen LogP contribution in [-0.4, -0.2) is 70.4 Å². The lowest BCUT2D eigenvalue weighted by Crippen LogP contribution is -2.50. The van der Waals surface area contributed by atoms with Crippen molar-refractivity contribution in [3.63, 3.8) is 0 Å². The van der Waals surface area contributed by atoms with E-state index in [1.807, 2.05) is 37.3 Å². The number of rotatable bonds is 8. The molecule has 10 heteroatoms. The largest absolute Gasteiger partial charge is 0.484 e. The second kappa shape index (κ2) is 11.1. The fourth-order valence-corrected chi connectivity index (χ4v) is 4.57. The zero-order valence-corrected chi connectivity index (χ0v) is 20.7. The van der Waals surface area contributed by atoms with Gasteiger partial charge in [-0.25, -0.2) is 4.39 Å². The highest BCUT2D eigenvalue weighted by Crippen LogP contribution is 2.30. The molecular formula is C27H30FN5O4. The summed E-state index contributed by atoms with van der Waals surface area (Å²) in [7, 11) is 0. The molecule has 37 heavy (non-hydrogen) atoms. The van der Waals surface area contributed by atoms with Gasteiger partial charge in [0.1, 0.15) is 12.4 Å². The minimum absolute atomic E-state index is 0.0861. The maximum Gasteiger partial charge on any atom is 0.276 e. The summed E-state index contributed by atoms with van der Waals surface area (Å²) in [6.45, 7) is 5.90. The Kier molecular flexibility index (Phi) is 7.47. The number of nitrogens with one attached hydrogen (secondary N) is 1. The molecule has 0 aliphatic carbocycles. The van der Waals surface area contributed by atoms with Gasteiger partial charge < -0.3 is 19.7 Å². The number of carbonyl (C=O) groups is 2. The molecule has 2 aliphatic rings. The quantitative estimate of drug-likeness (QED) is 0.505. The van der Waals surface area contributed by atoms with E-state index in [1.54, 1.807) is 21.7 Å². The molecule has 194 valence electrons. The van der Waals surface area contributed by atoms with Crippen molar-refractivity contribution in [1.82, 2.24) is 24.9 Å². The van der Waals surface area contributed by atoms with Crippen LogP contribution >= 0.6 is 0 Å². The van der Waals surface area contributed by atoms with Crippen molar-refractivity contribution >= 4 is 11.8 Å². The second-order valence-electron chi connectivity index (χ2n) is 9.17. The lowest BCUT2D eigenvalue weighted by molar-refractivity contribution is 0.0132. The molecule has 2 aliphatic heterocycles. The fraction of sp³-hybridized carbons (Fsp3) is 0.370. The van der Waals surface area contributed by atoms with Crippen molar-refractivity contribution < 1.29 is 23.5 Å². The summed E-state index contributed by atoms with van der Waals surface area (Å²) in [5.41, 5.74) is 2.05. The number of halogens is 1. The van der Waals surface area contributed by atoms with Crippen LogP contribution < -0.4 is 10.1 Å². The summed E-state index contributed by atoms with van der Waals surface area (Å²) in [6, 6.07) is 15.6. The van der Waals surface area contributed by atoms with Gasteiger partial charge in [-0.1, -0.05) is 42.5 Å². The number of morpholine rings is 1. The highest BCUT2D eigenvalue weighted by atomic mass is 19.1. The minimum Gasteiger partial charge on any atom is -0.484 e. The number of hydrogen-bond acceptors (Lipinski definition) is 6. The van der Waals surface area contributed by atoms with Gasteiger partial charge in [0.15, 0.2) is 17.1 Å². The van der Waals surface area contributed by atoms with Gasteiger partial charge in [-0.2, -0.15) is 5.10 Å². The van der Waals surface area contributed by atoms with Crippen LogP contribution in [0.3, 0.4) is 0 Å². The molecule has 3 aromatic rings. The molecule has 1 unspecified atom stereocenters. The van der Waals surface area contributed by atoms with E-state index in [0.29, 0.717) is 32.8 Å². The van der Waals surface area contributed by atoms with Gasteiger partial charge in [0, 0.05) is 26.2 Å². The summed E-state index contributed by atoms with van der Waals surface area (Å²) in [5, 5.41) is 7.50. The summed E-state index contributed by atoms with van der Waals surface area (Å²) < 4.78 is 26.4. The standard InChI is InChI=1S/C27H30FN5O4/c1-19(31-13-15-36-16-14-31)29-26(34)23-25(37-18-21-5-3-2-4-6-21)24-27(35)32(11-12-33(24)30-23)17-20-7-9-22(28)10-8-20/h2-10,19H,11-18H2,1H3,(H,29,34). The van der Waals surface area contributed by atoms with Crippen molar-refractivity contribution in [2.45, 2.75) is 32.8 Å². The zero-order chi connectivity index (χ0) is 25.8. The topological polar surface area (TPSA) is 88.9 Å². The van der Waals surface area contributed by atoms with Crippen molar-refractivity contribution in [2.24, 2.45) is 0 Å². The number of benzene rings is 2. The van der Waals surface area contributed by atoms with E-state index < -0.39 is 5.91 Å². The predicted molar refractivity (Wildman–Crippen MR) is 133 cm³/mol. The third kappa shape index (κ3) is 5.65. The van der Waals surface area contributed by atoms with Crippen molar-refractivity contribution in [2.75, 3.05) is 32.8 Å². The second-order valence-corrected chi connectivity index (χ2v) is 9.17. The average Bonchev–Trinajstić information content (AvgIpc) is 3.31. The molecule has 2 amide bonds. The molecule has 1 atom stereocenters. The van der Waals surface area contributed by atoms with Gasteiger partial charge in [-0.3, -0.25) is 19.2 Å². The van der Waals surface area contributed by atoms with E-state index >= 15 is 0 Å². The van der Waals surface area contributed by atoms with Gasteiger partial charge in [0.05, 0.1) is 25.9 Å². The average molecular weight is 508 g/mol. The zero-order valence-electron chi connectivity index (χ0n) is 20.7. The molecule has 0 radical (unpaired) electrons. The smallest absolute Gasteiger partial charge is 0.276 e. The van der Waals surface area contributed by atoms with Gasteiger partial charge in [-0.05, 0) is 30.2 Å². The minimum atomic E-state index is -0.401. The summed E-state index contributed by atoms with van der Waals surface area (Å²) in [6.07, 6.45) is -0.234. The van der Waals surface area contributed by atoms with Gasteiger partial charge >= 0.3 is 0 Å². The van der Waals surface area contributed by atoms with Crippen LogP contribution in [0.15, 0.2) is 54.6 Å². The van der Waals surface area contributed by atoms with Crippen LogP contribution in [0, 0.1) is 5.82 Å². The molecule has 0 spiro atoms. The first-order valence-electron chi connectivity index (χ1n) is 12.4. The molecule has 1 N–H and O–H groups in total. The first kappa shape index (κ1) is 24.9. The monoisotopic (exact) mass is 507 g/mol. The molecule has 3 heterocycles. The SMILES string of the molecule is CC(NC(=O)c1nn2c(c1OCc1ccccc1)C(=O)N(Cc1ccc(F)cc1)CC2)N1CCOCC1. The summed E-state index contributed by atoms with van der Waals surface area (Å²) in [4.78, 5) is 30.7. The first-order chi connectivity index (χ1) is 18.0. The number of carbonyl (C=O) groups excluding carboxylic acids is 2. The van der Waals surface area contributed by atoms with E-state index in [9.17, 15) is 14.0 Å². The number of nitrogens with zero attached hydrogens (tertiary/aromatic N) is 4. The van der Waals surface area contributed by atoms with Crippen LogP contribution in [0.25, 0.3) is 0 Å².